The number of methoxy groups -OCH3 is 1. The van der Waals surface area contributed by atoms with E-state index in [9.17, 15) is 9.59 Å². The molecule has 0 heterocycles. The summed E-state index contributed by atoms with van der Waals surface area (Å²) in [5.41, 5.74) is 8.87. The predicted octanol–water partition coefficient (Wildman–Crippen LogP) is 4.27. The number of nitrogens with zero attached hydrogens (tertiary/aromatic N) is 1. The van der Waals surface area contributed by atoms with Crippen LogP contribution in [0.3, 0.4) is 0 Å². The SMILES string of the molecule is COC(=O)[C@H](C)N(C(=O)c1ccc(N)cc1-c1ccccc1)C1CCCCC1. The molecule has 1 fully saturated rings. The Bertz CT molecular complexity index is 829. The minimum absolute atomic E-state index is 0.0385. The van der Waals surface area contributed by atoms with Gasteiger partial charge in [0.25, 0.3) is 5.91 Å². The normalized spacial score (nSPS) is 15.6. The fourth-order valence-corrected chi connectivity index (χ4v) is 4.05. The van der Waals surface area contributed by atoms with E-state index >= 15 is 0 Å². The first-order chi connectivity index (χ1) is 13.5. The van der Waals surface area contributed by atoms with Crippen molar-refractivity contribution in [3.63, 3.8) is 0 Å². The van der Waals surface area contributed by atoms with Gasteiger partial charge in [-0.05, 0) is 49.1 Å². The summed E-state index contributed by atoms with van der Waals surface area (Å²) >= 11 is 0. The summed E-state index contributed by atoms with van der Waals surface area (Å²) in [4.78, 5) is 27.7. The summed E-state index contributed by atoms with van der Waals surface area (Å²) < 4.78 is 4.95. The molecule has 3 rings (SSSR count). The third-order valence-electron chi connectivity index (χ3n) is 5.52. The molecule has 0 aromatic heterocycles. The van der Waals surface area contributed by atoms with Crippen molar-refractivity contribution in [3.05, 3.63) is 54.1 Å². The van der Waals surface area contributed by atoms with Gasteiger partial charge < -0.3 is 15.4 Å². The Kier molecular flexibility index (Phi) is 6.34. The van der Waals surface area contributed by atoms with Gasteiger partial charge in [0.2, 0.25) is 0 Å². The average molecular weight is 380 g/mol. The van der Waals surface area contributed by atoms with Gasteiger partial charge in [-0.15, -0.1) is 0 Å². The van der Waals surface area contributed by atoms with E-state index in [0.717, 1.165) is 36.8 Å². The van der Waals surface area contributed by atoms with Crippen LogP contribution >= 0.6 is 0 Å². The van der Waals surface area contributed by atoms with Gasteiger partial charge in [0.1, 0.15) is 6.04 Å². The van der Waals surface area contributed by atoms with Gasteiger partial charge in [-0.2, -0.15) is 0 Å². The van der Waals surface area contributed by atoms with Crippen molar-refractivity contribution in [2.45, 2.75) is 51.1 Å². The number of nitrogens with two attached hydrogens (primary N) is 1. The molecule has 5 nitrogen and oxygen atoms in total. The molecule has 0 spiro atoms. The molecule has 0 unspecified atom stereocenters. The maximum absolute atomic E-state index is 13.7. The molecule has 1 saturated carbocycles. The van der Waals surface area contributed by atoms with Gasteiger partial charge in [-0.3, -0.25) is 4.79 Å². The number of anilines is 1. The van der Waals surface area contributed by atoms with Crippen LogP contribution in [0, 0.1) is 0 Å². The molecular formula is C23H28N2O3. The molecule has 0 aliphatic heterocycles. The van der Waals surface area contributed by atoms with Gasteiger partial charge in [-0.25, -0.2) is 4.79 Å². The number of carbonyl (C=O) groups excluding carboxylic acids is 2. The highest BCUT2D eigenvalue weighted by atomic mass is 16.5. The van der Waals surface area contributed by atoms with Gasteiger partial charge in [0, 0.05) is 17.3 Å². The molecule has 2 aromatic carbocycles. The number of rotatable bonds is 5. The fourth-order valence-electron chi connectivity index (χ4n) is 4.05. The number of hydrogen-bond acceptors (Lipinski definition) is 4. The molecular weight excluding hydrogens is 352 g/mol. The van der Waals surface area contributed by atoms with E-state index in [-0.39, 0.29) is 11.9 Å². The lowest BCUT2D eigenvalue weighted by Gasteiger charge is -2.37. The maximum Gasteiger partial charge on any atom is 0.328 e. The first-order valence-corrected chi connectivity index (χ1v) is 9.88. The Morgan fingerprint density at radius 3 is 2.39 bits per heavy atom. The standard InChI is InChI=1S/C23H28N2O3/c1-16(23(27)28-2)25(19-11-7-4-8-12-19)22(26)20-14-13-18(24)15-21(20)17-9-5-3-6-10-17/h3,5-6,9-10,13-16,19H,4,7-8,11-12,24H2,1-2H3/t16-/m0/s1. The van der Waals surface area contributed by atoms with E-state index in [4.69, 9.17) is 10.5 Å². The zero-order valence-electron chi connectivity index (χ0n) is 16.6. The third kappa shape index (κ3) is 4.19. The van der Waals surface area contributed by atoms with Crippen LogP contribution in [-0.2, 0) is 9.53 Å². The van der Waals surface area contributed by atoms with Crippen molar-refractivity contribution in [2.75, 3.05) is 12.8 Å². The molecule has 1 aliphatic rings. The number of ether oxygens (including phenoxy) is 1. The molecule has 5 heteroatoms. The highest BCUT2D eigenvalue weighted by Gasteiger charge is 2.35. The van der Waals surface area contributed by atoms with E-state index in [1.165, 1.54) is 13.5 Å². The fraction of sp³-hybridized carbons (Fsp3) is 0.391. The van der Waals surface area contributed by atoms with Crippen LogP contribution in [0.1, 0.15) is 49.4 Å². The van der Waals surface area contributed by atoms with Crippen molar-refractivity contribution < 1.29 is 14.3 Å². The summed E-state index contributed by atoms with van der Waals surface area (Å²) in [6.45, 7) is 1.75. The van der Waals surface area contributed by atoms with E-state index in [2.05, 4.69) is 0 Å². The van der Waals surface area contributed by atoms with Crippen molar-refractivity contribution in [3.8, 4) is 11.1 Å². The Morgan fingerprint density at radius 1 is 1.07 bits per heavy atom. The number of carbonyl (C=O) groups is 2. The number of amides is 1. The van der Waals surface area contributed by atoms with Gasteiger partial charge >= 0.3 is 5.97 Å². The summed E-state index contributed by atoms with van der Waals surface area (Å²) in [6.07, 6.45) is 5.11. The van der Waals surface area contributed by atoms with E-state index < -0.39 is 12.0 Å². The molecule has 2 aromatic rings. The second kappa shape index (κ2) is 8.91. The molecule has 0 bridgehead atoms. The van der Waals surface area contributed by atoms with E-state index in [1.54, 1.807) is 24.0 Å². The molecule has 1 aliphatic carbocycles. The highest BCUT2D eigenvalue weighted by molar-refractivity contribution is 6.03. The molecule has 1 atom stereocenters. The van der Waals surface area contributed by atoms with Crippen LogP contribution in [0.25, 0.3) is 11.1 Å². The minimum Gasteiger partial charge on any atom is -0.467 e. The van der Waals surface area contributed by atoms with Crippen molar-refractivity contribution in [2.24, 2.45) is 0 Å². The predicted molar refractivity (Wildman–Crippen MR) is 111 cm³/mol. The monoisotopic (exact) mass is 380 g/mol. The lowest BCUT2D eigenvalue weighted by atomic mass is 9.91. The average Bonchev–Trinajstić information content (AvgIpc) is 2.74. The van der Waals surface area contributed by atoms with Crippen LogP contribution in [0.2, 0.25) is 0 Å². The first-order valence-electron chi connectivity index (χ1n) is 9.88. The quantitative estimate of drug-likeness (QED) is 0.621. The Labute approximate surface area is 166 Å². The summed E-state index contributed by atoms with van der Waals surface area (Å²) in [6, 6.07) is 14.4. The van der Waals surface area contributed by atoms with Crippen LogP contribution in [0.4, 0.5) is 5.69 Å². The van der Waals surface area contributed by atoms with E-state index in [0.29, 0.717) is 11.3 Å². The number of benzene rings is 2. The van der Waals surface area contributed by atoms with E-state index in [1.807, 2.05) is 36.4 Å². The molecule has 1 amide bonds. The molecule has 148 valence electrons. The summed E-state index contributed by atoms with van der Waals surface area (Å²) in [5.74, 6) is -0.542. The van der Waals surface area contributed by atoms with Crippen molar-refractivity contribution >= 4 is 17.6 Å². The zero-order valence-corrected chi connectivity index (χ0v) is 16.6. The smallest absolute Gasteiger partial charge is 0.328 e. The van der Waals surface area contributed by atoms with Crippen molar-refractivity contribution in [1.29, 1.82) is 0 Å². The third-order valence-corrected chi connectivity index (χ3v) is 5.52. The van der Waals surface area contributed by atoms with Crippen molar-refractivity contribution in [1.82, 2.24) is 4.90 Å². The topological polar surface area (TPSA) is 72.6 Å². The Hall–Kier alpha value is -2.82. The van der Waals surface area contributed by atoms with Gasteiger partial charge in [0.15, 0.2) is 0 Å². The van der Waals surface area contributed by atoms with Crippen LogP contribution in [0.15, 0.2) is 48.5 Å². The Balaban J connectivity index is 2.04. The molecule has 0 radical (unpaired) electrons. The molecule has 0 saturated heterocycles. The largest absolute Gasteiger partial charge is 0.467 e. The number of hydrogen-bond donors (Lipinski definition) is 1. The second-order valence-corrected chi connectivity index (χ2v) is 7.37. The van der Waals surface area contributed by atoms with Gasteiger partial charge in [-0.1, -0.05) is 49.6 Å². The number of esters is 1. The number of nitrogen functional groups attached to an aromatic ring is 1. The summed E-state index contributed by atoms with van der Waals surface area (Å²) in [7, 11) is 1.36. The first kappa shape index (κ1) is 19.9. The maximum atomic E-state index is 13.7. The van der Waals surface area contributed by atoms with Gasteiger partial charge in [0.05, 0.1) is 7.11 Å². The van der Waals surface area contributed by atoms with Crippen LogP contribution < -0.4 is 5.73 Å². The van der Waals surface area contributed by atoms with Crippen LogP contribution in [-0.4, -0.2) is 36.0 Å². The zero-order chi connectivity index (χ0) is 20.1. The lowest BCUT2D eigenvalue weighted by molar-refractivity contribution is -0.146. The highest BCUT2D eigenvalue weighted by Crippen LogP contribution is 2.31. The Morgan fingerprint density at radius 2 is 1.75 bits per heavy atom. The molecule has 28 heavy (non-hydrogen) atoms. The minimum atomic E-state index is -0.637. The molecule has 2 N–H and O–H groups in total. The summed E-state index contributed by atoms with van der Waals surface area (Å²) in [5, 5.41) is 0. The second-order valence-electron chi connectivity index (χ2n) is 7.37. The van der Waals surface area contributed by atoms with Crippen LogP contribution in [0.5, 0.6) is 0 Å². The lowest BCUT2D eigenvalue weighted by Crippen LogP contribution is -2.50.